The molecule has 0 N–H and O–H groups in total. The largest absolute Gasteiger partial charge is 0.573 e. The lowest BCUT2D eigenvalue weighted by Crippen LogP contribution is -2.46. The summed E-state index contributed by atoms with van der Waals surface area (Å²) in [5, 5.41) is 4.79. The van der Waals surface area contributed by atoms with E-state index >= 15 is 0 Å². The lowest BCUT2D eigenvalue weighted by molar-refractivity contribution is -0.274. The van der Waals surface area contributed by atoms with Crippen molar-refractivity contribution >= 4 is 5.82 Å². The first-order chi connectivity index (χ1) is 15.4. The number of benzene rings is 1. The van der Waals surface area contributed by atoms with Crippen LogP contribution in [-0.4, -0.2) is 66.5 Å². The van der Waals surface area contributed by atoms with E-state index in [9.17, 15) is 13.2 Å². The summed E-state index contributed by atoms with van der Waals surface area (Å²) in [5.74, 6) is 2.09. The van der Waals surface area contributed by atoms with Gasteiger partial charge in [-0.2, -0.15) is 5.10 Å². The van der Waals surface area contributed by atoms with Crippen molar-refractivity contribution in [3.8, 4) is 11.4 Å². The SMILES string of the molecule is Cc1cc(N2CC3CCC(N4CCOCC4)CC3C2)nn1-c1ccc(OC(F)(F)F)cc1. The Morgan fingerprint density at radius 3 is 2.47 bits per heavy atom. The maximum Gasteiger partial charge on any atom is 0.573 e. The second-order valence-electron chi connectivity index (χ2n) is 9.14. The predicted octanol–water partition coefficient (Wildman–Crippen LogP) is 4.02. The zero-order chi connectivity index (χ0) is 22.3. The number of anilines is 1. The first kappa shape index (κ1) is 21.6. The topological polar surface area (TPSA) is 42.8 Å². The van der Waals surface area contributed by atoms with Gasteiger partial charge in [-0.05, 0) is 62.3 Å². The van der Waals surface area contributed by atoms with Crippen LogP contribution in [0.2, 0.25) is 0 Å². The average Bonchev–Trinajstić information content (AvgIpc) is 3.37. The molecular formula is C23H29F3N4O2. The highest BCUT2D eigenvalue weighted by atomic mass is 19.4. The Kier molecular flexibility index (Phi) is 5.79. The molecule has 2 aromatic rings. The zero-order valence-electron chi connectivity index (χ0n) is 18.2. The molecule has 32 heavy (non-hydrogen) atoms. The van der Waals surface area contributed by atoms with Crippen LogP contribution in [0.15, 0.2) is 30.3 Å². The molecule has 3 fully saturated rings. The van der Waals surface area contributed by atoms with Gasteiger partial charge in [-0.3, -0.25) is 4.90 Å². The van der Waals surface area contributed by atoms with Gasteiger partial charge in [0.15, 0.2) is 5.82 Å². The molecule has 2 saturated heterocycles. The molecule has 1 aromatic carbocycles. The number of fused-ring (bicyclic) bond motifs is 1. The first-order valence-electron chi connectivity index (χ1n) is 11.4. The number of ether oxygens (including phenoxy) is 2. The average molecular weight is 451 g/mol. The van der Waals surface area contributed by atoms with Gasteiger partial charge in [0.05, 0.1) is 18.9 Å². The fourth-order valence-electron chi connectivity index (χ4n) is 5.53. The quantitative estimate of drug-likeness (QED) is 0.704. The summed E-state index contributed by atoms with van der Waals surface area (Å²) < 4.78 is 48.5. The van der Waals surface area contributed by atoms with Gasteiger partial charge in [0.2, 0.25) is 0 Å². The third-order valence-corrected chi connectivity index (χ3v) is 7.10. The molecule has 0 bridgehead atoms. The number of rotatable bonds is 4. The van der Waals surface area contributed by atoms with Crippen LogP contribution < -0.4 is 9.64 Å². The Balaban J connectivity index is 1.25. The fourth-order valence-corrected chi connectivity index (χ4v) is 5.53. The fraction of sp³-hybridized carbons (Fsp3) is 0.609. The van der Waals surface area contributed by atoms with Gasteiger partial charge in [0, 0.05) is 44.0 Å². The van der Waals surface area contributed by atoms with Crippen LogP contribution in [0.1, 0.15) is 25.0 Å². The second-order valence-corrected chi connectivity index (χ2v) is 9.14. The number of aromatic nitrogens is 2. The summed E-state index contributed by atoms with van der Waals surface area (Å²) in [6.45, 7) is 7.78. The van der Waals surface area contributed by atoms with Crippen LogP contribution in [0.5, 0.6) is 5.75 Å². The van der Waals surface area contributed by atoms with E-state index in [1.165, 1.54) is 31.4 Å². The highest BCUT2D eigenvalue weighted by molar-refractivity contribution is 5.46. The number of alkyl halides is 3. The van der Waals surface area contributed by atoms with Gasteiger partial charge < -0.3 is 14.4 Å². The first-order valence-corrected chi connectivity index (χ1v) is 11.4. The van der Waals surface area contributed by atoms with E-state index in [0.717, 1.165) is 50.9 Å². The number of hydrogen-bond donors (Lipinski definition) is 0. The molecule has 3 atom stereocenters. The van der Waals surface area contributed by atoms with Crippen molar-refractivity contribution < 1.29 is 22.6 Å². The van der Waals surface area contributed by atoms with Gasteiger partial charge in [0.25, 0.3) is 0 Å². The molecule has 5 rings (SSSR count). The standard InChI is InChI=1S/C23H29F3N4O2/c1-16-12-22(27-30(16)19-4-6-21(7-5-19)32-23(24,25)26)29-14-17-2-3-20(13-18(17)15-29)28-8-10-31-11-9-28/h4-7,12,17-18,20H,2-3,8-11,13-15H2,1H3. The van der Waals surface area contributed by atoms with E-state index in [-0.39, 0.29) is 5.75 Å². The van der Waals surface area contributed by atoms with Crippen LogP contribution >= 0.6 is 0 Å². The van der Waals surface area contributed by atoms with Gasteiger partial charge in [-0.25, -0.2) is 4.68 Å². The van der Waals surface area contributed by atoms with Gasteiger partial charge in [0.1, 0.15) is 5.75 Å². The lowest BCUT2D eigenvalue weighted by atomic mass is 9.78. The van der Waals surface area contributed by atoms with E-state index < -0.39 is 6.36 Å². The molecule has 1 saturated carbocycles. The van der Waals surface area contributed by atoms with Crippen LogP contribution in [0.3, 0.4) is 0 Å². The molecule has 0 spiro atoms. The number of nitrogens with zero attached hydrogens (tertiary/aromatic N) is 4. The number of halogens is 3. The van der Waals surface area contributed by atoms with Crippen molar-refractivity contribution in [1.82, 2.24) is 14.7 Å². The summed E-state index contributed by atoms with van der Waals surface area (Å²) in [7, 11) is 0. The summed E-state index contributed by atoms with van der Waals surface area (Å²) in [6.07, 6.45) is -0.941. The molecule has 6 nitrogen and oxygen atoms in total. The molecule has 1 aliphatic carbocycles. The molecule has 0 amide bonds. The van der Waals surface area contributed by atoms with Gasteiger partial charge in [-0.15, -0.1) is 13.2 Å². The maximum absolute atomic E-state index is 12.4. The number of hydrogen-bond acceptors (Lipinski definition) is 5. The summed E-state index contributed by atoms with van der Waals surface area (Å²) in [5.41, 5.74) is 1.66. The molecular weight excluding hydrogens is 421 g/mol. The van der Waals surface area contributed by atoms with E-state index in [0.29, 0.717) is 23.6 Å². The Bertz CT molecular complexity index is 924. The molecule has 1 aromatic heterocycles. The number of morpholine rings is 1. The minimum absolute atomic E-state index is 0.232. The van der Waals surface area contributed by atoms with Gasteiger partial charge in [-0.1, -0.05) is 0 Å². The van der Waals surface area contributed by atoms with E-state index in [1.807, 2.05) is 6.92 Å². The van der Waals surface area contributed by atoms with Crippen LogP contribution in [-0.2, 0) is 4.74 Å². The Hall–Kier alpha value is -2.26. The molecule has 3 aliphatic rings. The predicted molar refractivity (Wildman–Crippen MR) is 114 cm³/mol. The highest BCUT2D eigenvalue weighted by Gasteiger charge is 2.40. The number of aryl methyl sites for hydroxylation is 1. The Morgan fingerprint density at radius 1 is 1.03 bits per heavy atom. The van der Waals surface area contributed by atoms with E-state index in [4.69, 9.17) is 9.84 Å². The van der Waals surface area contributed by atoms with Crippen molar-refractivity contribution in [1.29, 1.82) is 0 Å². The van der Waals surface area contributed by atoms with Crippen LogP contribution in [0.4, 0.5) is 19.0 Å². The third kappa shape index (κ3) is 4.59. The molecule has 2 aliphatic heterocycles. The lowest BCUT2D eigenvalue weighted by Gasteiger charge is -2.40. The molecule has 174 valence electrons. The van der Waals surface area contributed by atoms with Crippen molar-refractivity contribution in [2.75, 3.05) is 44.3 Å². The van der Waals surface area contributed by atoms with Crippen LogP contribution in [0.25, 0.3) is 5.69 Å². The minimum atomic E-state index is -4.69. The molecule has 9 heteroatoms. The van der Waals surface area contributed by atoms with Crippen molar-refractivity contribution in [3.05, 3.63) is 36.0 Å². The van der Waals surface area contributed by atoms with Crippen molar-refractivity contribution in [3.63, 3.8) is 0 Å². The van der Waals surface area contributed by atoms with E-state index in [2.05, 4.69) is 20.6 Å². The van der Waals surface area contributed by atoms with Crippen molar-refractivity contribution in [2.24, 2.45) is 11.8 Å². The second kappa shape index (κ2) is 8.59. The van der Waals surface area contributed by atoms with Crippen LogP contribution in [0, 0.1) is 18.8 Å². The van der Waals surface area contributed by atoms with E-state index in [1.54, 1.807) is 16.8 Å². The summed E-state index contributed by atoms with van der Waals surface area (Å²) >= 11 is 0. The monoisotopic (exact) mass is 450 g/mol. The third-order valence-electron chi connectivity index (χ3n) is 7.10. The maximum atomic E-state index is 12.4. The smallest absolute Gasteiger partial charge is 0.406 e. The molecule has 0 radical (unpaired) electrons. The summed E-state index contributed by atoms with van der Waals surface area (Å²) in [6, 6.07) is 8.57. The summed E-state index contributed by atoms with van der Waals surface area (Å²) in [4.78, 5) is 4.98. The minimum Gasteiger partial charge on any atom is -0.406 e. The van der Waals surface area contributed by atoms with Crippen molar-refractivity contribution in [2.45, 2.75) is 38.6 Å². The zero-order valence-corrected chi connectivity index (χ0v) is 18.2. The normalized spacial score (nSPS) is 26.9. The van der Waals surface area contributed by atoms with Gasteiger partial charge >= 0.3 is 6.36 Å². The molecule has 3 heterocycles. The molecule has 3 unspecified atom stereocenters. The highest BCUT2D eigenvalue weighted by Crippen LogP contribution is 2.40. The Morgan fingerprint density at radius 2 is 1.75 bits per heavy atom. The Labute approximate surface area is 185 Å².